The van der Waals surface area contributed by atoms with E-state index in [9.17, 15) is 14.4 Å². The highest BCUT2D eigenvalue weighted by Gasteiger charge is 2.25. The van der Waals surface area contributed by atoms with Crippen LogP contribution in [0.15, 0.2) is 0 Å². The van der Waals surface area contributed by atoms with Crippen LogP contribution < -0.4 is 10.6 Å². The summed E-state index contributed by atoms with van der Waals surface area (Å²) in [6, 6.07) is -1.12. The molecule has 0 rings (SSSR count). The lowest BCUT2D eigenvalue weighted by molar-refractivity contribution is -0.131. The van der Waals surface area contributed by atoms with Gasteiger partial charge in [0.05, 0.1) is 6.04 Å². The van der Waals surface area contributed by atoms with E-state index in [4.69, 9.17) is 0 Å². The van der Waals surface area contributed by atoms with Gasteiger partial charge in [-0.1, -0.05) is 20.8 Å². The molecular weight excluding hydrogens is 220 g/mol. The van der Waals surface area contributed by atoms with Gasteiger partial charge in [0.1, 0.15) is 6.04 Å². The maximum atomic E-state index is 11.9. The van der Waals surface area contributed by atoms with Gasteiger partial charge >= 0.3 is 0 Å². The number of hydrogen-bond acceptors (Lipinski definition) is 3. The van der Waals surface area contributed by atoms with E-state index in [1.807, 2.05) is 13.8 Å². The van der Waals surface area contributed by atoms with Crippen molar-refractivity contribution >= 4 is 17.6 Å². The molecule has 0 aromatic rings. The van der Waals surface area contributed by atoms with E-state index in [0.29, 0.717) is 6.42 Å². The van der Waals surface area contributed by atoms with Gasteiger partial charge in [0.15, 0.2) is 5.78 Å². The summed E-state index contributed by atoms with van der Waals surface area (Å²) in [6.45, 7) is 8.46. The van der Waals surface area contributed by atoms with Crippen LogP contribution in [0.5, 0.6) is 0 Å². The molecule has 0 fully saturated rings. The molecular formula is C12H22N2O3. The Labute approximate surface area is 102 Å². The van der Waals surface area contributed by atoms with Gasteiger partial charge in [-0.2, -0.15) is 0 Å². The minimum atomic E-state index is -0.593. The van der Waals surface area contributed by atoms with Crippen LogP contribution in [0.2, 0.25) is 0 Å². The first kappa shape index (κ1) is 15.6. The Morgan fingerprint density at radius 2 is 1.59 bits per heavy atom. The van der Waals surface area contributed by atoms with Gasteiger partial charge < -0.3 is 10.6 Å². The van der Waals surface area contributed by atoms with Crippen molar-refractivity contribution in [3.05, 3.63) is 0 Å². The van der Waals surface area contributed by atoms with E-state index < -0.39 is 12.1 Å². The van der Waals surface area contributed by atoms with Gasteiger partial charge in [0.2, 0.25) is 11.8 Å². The predicted molar refractivity (Wildman–Crippen MR) is 65.3 cm³/mol. The first-order chi connectivity index (χ1) is 7.79. The molecule has 0 aliphatic rings. The molecule has 98 valence electrons. The van der Waals surface area contributed by atoms with Crippen LogP contribution in [0.3, 0.4) is 0 Å². The normalized spacial score (nSPS) is 14.0. The summed E-state index contributed by atoms with van der Waals surface area (Å²) in [7, 11) is 0. The second-order valence-electron chi connectivity index (χ2n) is 4.48. The van der Waals surface area contributed by atoms with Crippen LogP contribution in [0.25, 0.3) is 0 Å². The quantitative estimate of drug-likeness (QED) is 0.717. The zero-order valence-corrected chi connectivity index (χ0v) is 11.2. The first-order valence-corrected chi connectivity index (χ1v) is 5.89. The van der Waals surface area contributed by atoms with E-state index >= 15 is 0 Å². The molecule has 5 heteroatoms. The summed E-state index contributed by atoms with van der Waals surface area (Å²) < 4.78 is 0. The molecule has 2 atom stereocenters. The lowest BCUT2D eigenvalue weighted by Crippen LogP contribution is -2.52. The highest BCUT2D eigenvalue weighted by Crippen LogP contribution is 2.03. The molecule has 5 nitrogen and oxygen atoms in total. The zero-order chi connectivity index (χ0) is 13.6. The molecule has 0 saturated carbocycles. The highest BCUT2D eigenvalue weighted by molar-refractivity contribution is 5.91. The zero-order valence-electron chi connectivity index (χ0n) is 11.2. The lowest BCUT2D eigenvalue weighted by atomic mass is 10.0. The largest absolute Gasteiger partial charge is 0.345 e. The average molecular weight is 242 g/mol. The Morgan fingerprint density at radius 1 is 1.06 bits per heavy atom. The lowest BCUT2D eigenvalue weighted by Gasteiger charge is -2.23. The van der Waals surface area contributed by atoms with Crippen molar-refractivity contribution in [2.75, 3.05) is 0 Å². The van der Waals surface area contributed by atoms with Crippen LogP contribution in [0.1, 0.15) is 41.0 Å². The summed E-state index contributed by atoms with van der Waals surface area (Å²) in [5.74, 6) is -0.619. The van der Waals surface area contributed by atoms with Crippen molar-refractivity contribution in [3.63, 3.8) is 0 Å². The van der Waals surface area contributed by atoms with Crippen LogP contribution in [0, 0.1) is 5.92 Å². The minimum absolute atomic E-state index is 0.0235. The van der Waals surface area contributed by atoms with Gasteiger partial charge in [-0.15, -0.1) is 0 Å². The van der Waals surface area contributed by atoms with Crippen LogP contribution in [0.4, 0.5) is 0 Å². The Balaban J connectivity index is 4.55. The molecule has 17 heavy (non-hydrogen) atoms. The summed E-state index contributed by atoms with van der Waals surface area (Å²) in [5.41, 5.74) is 0. The molecule has 0 bridgehead atoms. The Kier molecular flexibility index (Phi) is 6.46. The van der Waals surface area contributed by atoms with Gasteiger partial charge in [-0.25, -0.2) is 0 Å². The van der Waals surface area contributed by atoms with Crippen LogP contribution in [-0.4, -0.2) is 29.7 Å². The Hall–Kier alpha value is -1.39. The molecule has 0 aliphatic heterocycles. The van der Waals surface area contributed by atoms with Gasteiger partial charge in [-0.3, -0.25) is 14.4 Å². The van der Waals surface area contributed by atoms with Crippen molar-refractivity contribution in [3.8, 4) is 0 Å². The van der Waals surface area contributed by atoms with E-state index in [2.05, 4.69) is 10.6 Å². The smallest absolute Gasteiger partial charge is 0.243 e. The third-order valence-corrected chi connectivity index (χ3v) is 2.56. The molecule has 0 radical (unpaired) electrons. The fourth-order valence-electron chi connectivity index (χ4n) is 1.22. The fraction of sp³-hybridized carbons (Fsp3) is 0.750. The molecule has 0 aromatic heterocycles. The molecule has 2 amide bonds. The monoisotopic (exact) mass is 242 g/mol. The number of rotatable bonds is 6. The SMILES string of the molecule is CCC(=O)N[C@H](C(=O)N[C@@H](C)C(C)=O)C(C)C. The molecule has 2 N–H and O–H groups in total. The molecule has 0 aromatic carbocycles. The molecule has 0 unspecified atom stereocenters. The van der Waals surface area contributed by atoms with Crippen molar-refractivity contribution < 1.29 is 14.4 Å². The first-order valence-electron chi connectivity index (χ1n) is 5.89. The van der Waals surface area contributed by atoms with Gasteiger partial charge in [0.25, 0.3) is 0 Å². The Morgan fingerprint density at radius 3 is 1.94 bits per heavy atom. The summed E-state index contributed by atoms with van der Waals surface area (Å²) in [6.07, 6.45) is 0.332. The minimum Gasteiger partial charge on any atom is -0.345 e. The highest BCUT2D eigenvalue weighted by atomic mass is 16.2. The van der Waals surface area contributed by atoms with Crippen LogP contribution >= 0.6 is 0 Å². The number of Topliss-reactive ketones (excluding diaryl/α,β-unsaturated/α-hetero) is 1. The van der Waals surface area contributed by atoms with E-state index in [1.54, 1.807) is 13.8 Å². The number of nitrogens with one attached hydrogen (secondary N) is 2. The second kappa shape index (κ2) is 7.04. The van der Waals surface area contributed by atoms with E-state index in [1.165, 1.54) is 6.92 Å². The van der Waals surface area contributed by atoms with E-state index in [-0.39, 0.29) is 23.5 Å². The fourth-order valence-corrected chi connectivity index (χ4v) is 1.22. The maximum absolute atomic E-state index is 11.9. The number of amides is 2. The van der Waals surface area contributed by atoms with Crippen molar-refractivity contribution in [2.45, 2.75) is 53.1 Å². The third-order valence-electron chi connectivity index (χ3n) is 2.56. The van der Waals surface area contributed by atoms with Crippen molar-refractivity contribution in [2.24, 2.45) is 5.92 Å². The average Bonchev–Trinajstić information content (AvgIpc) is 2.24. The molecule has 0 heterocycles. The second-order valence-corrected chi connectivity index (χ2v) is 4.48. The summed E-state index contributed by atoms with van der Waals surface area (Å²) in [4.78, 5) is 34.2. The number of hydrogen-bond donors (Lipinski definition) is 2. The number of carbonyl (C=O) groups is 3. The van der Waals surface area contributed by atoms with Crippen molar-refractivity contribution in [1.82, 2.24) is 10.6 Å². The molecule has 0 saturated heterocycles. The van der Waals surface area contributed by atoms with E-state index in [0.717, 1.165) is 0 Å². The molecule has 0 aliphatic carbocycles. The van der Waals surface area contributed by atoms with Gasteiger partial charge in [0, 0.05) is 6.42 Å². The third kappa shape index (κ3) is 5.47. The van der Waals surface area contributed by atoms with Crippen LogP contribution in [-0.2, 0) is 14.4 Å². The standard InChI is InChI=1S/C12H22N2O3/c1-6-10(16)14-11(7(2)3)12(17)13-8(4)9(5)15/h7-8,11H,6H2,1-5H3,(H,13,17)(H,14,16)/t8-,11-/m0/s1. The Bertz CT molecular complexity index is 300. The summed E-state index contributed by atoms with van der Waals surface area (Å²) in [5, 5.41) is 5.23. The molecule has 0 spiro atoms. The predicted octanol–water partition coefficient (Wildman–Crippen LogP) is 0.631. The van der Waals surface area contributed by atoms with Crippen molar-refractivity contribution in [1.29, 1.82) is 0 Å². The summed E-state index contributed by atoms with van der Waals surface area (Å²) >= 11 is 0. The number of ketones is 1. The topological polar surface area (TPSA) is 75.3 Å². The van der Waals surface area contributed by atoms with Gasteiger partial charge in [-0.05, 0) is 19.8 Å². The maximum Gasteiger partial charge on any atom is 0.243 e. The number of carbonyl (C=O) groups excluding carboxylic acids is 3.